The van der Waals surface area contributed by atoms with Crippen LogP contribution in [0.1, 0.15) is 11.5 Å². The molecule has 0 unspecified atom stereocenters. The number of hydrogen-bond donors (Lipinski definition) is 1. The van der Waals surface area contributed by atoms with Gasteiger partial charge in [0.15, 0.2) is 5.82 Å². The van der Waals surface area contributed by atoms with E-state index < -0.39 is 0 Å². The molecule has 0 bridgehead atoms. The van der Waals surface area contributed by atoms with Crippen molar-refractivity contribution in [1.29, 1.82) is 0 Å². The van der Waals surface area contributed by atoms with Crippen LogP contribution in [0.2, 0.25) is 0 Å². The fraction of sp³-hybridized carbons (Fsp3) is 0.250. The van der Waals surface area contributed by atoms with Crippen molar-refractivity contribution in [2.45, 2.75) is 13.5 Å². The van der Waals surface area contributed by atoms with E-state index in [2.05, 4.69) is 36.2 Å². The molecule has 94 valence electrons. The van der Waals surface area contributed by atoms with Crippen molar-refractivity contribution in [3.05, 3.63) is 40.5 Å². The van der Waals surface area contributed by atoms with Crippen LogP contribution >= 0.6 is 15.9 Å². The van der Waals surface area contributed by atoms with E-state index in [9.17, 15) is 0 Å². The number of anilines is 1. The van der Waals surface area contributed by atoms with Crippen molar-refractivity contribution in [3.63, 3.8) is 0 Å². The highest BCUT2D eigenvalue weighted by atomic mass is 79.9. The summed E-state index contributed by atoms with van der Waals surface area (Å²) < 4.78 is 6.46. The normalized spacial score (nSPS) is 10.2. The van der Waals surface area contributed by atoms with Gasteiger partial charge in [0.2, 0.25) is 0 Å². The van der Waals surface area contributed by atoms with Gasteiger partial charge in [-0.2, -0.15) is 0 Å². The standard InChI is InChI=1S/C12H13BrN4O/c1-8-3-11(14-2)17-12(16-8)7-18-10-4-9(13)5-15-6-10/h3-6H,7H2,1-2H3,(H,14,16,17). The maximum Gasteiger partial charge on any atom is 0.168 e. The highest BCUT2D eigenvalue weighted by Gasteiger charge is 2.03. The fourth-order valence-corrected chi connectivity index (χ4v) is 1.79. The summed E-state index contributed by atoms with van der Waals surface area (Å²) in [6.07, 6.45) is 3.36. The first-order valence-electron chi connectivity index (χ1n) is 5.43. The van der Waals surface area contributed by atoms with Gasteiger partial charge in [-0.05, 0) is 28.9 Å². The van der Waals surface area contributed by atoms with Crippen molar-refractivity contribution in [2.75, 3.05) is 12.4 Å². The van der Waals surface area contributed by atoms with Crippen LogP contribution in [-0.2, 0) is 6.61 Å². The lowest BCUT2D eigenvalue weighted by Crippen LogP contribution is -2.05. The second kappa shape index (κ2) is 5.77. The monoisotopic (exact) mass is 308 g/mol. The molecule has 0 spiro atoms. The molecule has 0 saturated carbocycles. The Morgan fingerprint density at radius 1 is 1.28 bits per heavy atom. The van der Waals surface area contributed by atoms with Gasteiger partial charge in [0.25, 0.3) is 0 Å². The third-order valence-electron chi connectivity index (χ3n) is 2.20. The fourth-order valence-electron chi connectivity index (χ4n) is 1.44. The molecule has 0 aliphatic carbocycles. The van der Waals surface area contributed by atoms with Crippen LogP contribution in [0.25, 0.3) is 0 Å². The van der Waals surface area contributed by atoms with E-state index in [0.717, 1.165) is 16.0 Å². The Hall–Kier alpha value is -1.69. The van der Waals surface area contributed by atoms with E-state index in [1.165, 1.54) is 0 Å². The molecule has 2 rings (SSSR count). The SMILES string of the molecule is CNc1cc(C)nc(COc2cncc(Br)c2)n1. The van der Waals surface area contributed by atoms with Crippen LogP contribution in [0.15, 0.2) is 29.0 Å². The van der Waals surface area contributed by atoms with Gasteiger partial charge in [-0.1, -0.05) is 0 Å². The Labute approximate surface area is 114 Å². The van der Waals surface area contributed by atoms with Crippen LogP contribution in [0.4, 0.5) is 5.82 Å². The van der Waals surface area contributed by atoms with Gasteiger partial charge in [0, 0.05) is 29.5 Å². The Kier molecular flexibility index (Phi) is 4.09. The molecule has 0 aliphatic heterocycles. The third-order valence-corrected chi connectivity index (χ3v) is 2.64. The molecule has 0 fully saturated rings. The maximum atomic E-state index is 5.58. The van der Waals surface area contributed by atoms with Crippen molar-refractivity contribution >= 4 is 21.7 Å². The summed E-state index contributed by atoms with van der Waals surface area (Å²) in [4.78, 5) is 12.6. The lowest BCUT2D eigenvalue weighted by atomic mass is 10.4. The van der Waals surface area contributed by atoms with Crippen LogP contribution in [0, 0.1) is 6.92 Å². The molecular formula is C12H13BrN4O. The second-order valence-corrected chi connectivity index (χ2v) is 4.60. The first-order valence-corrected chi connectivity index (χ1v) is 6.22. The lowest BCUT2D eigenvalue weighted by molar-refractivity contribution is 0.294. The lowest BCUT2D eigenvalue weighted by Gasteiger charge is -2.07. The van der Waals surface area contributed by atoms with Gasteiger partial charge in [0.1, 0.15) is 18.2 Å². The molecule has 18 heavy (non-hydrogen) atoms. The molecule has 0 saturated heterocycles. The minimum Gasteiger partial charge on any atom is -0.484 e. The summed E-state index contributed by atoms with van der Waals surface area (Å²) in [5, 5.41) is 2.99. The zero-order valence-electron chi connectivity index (χ0n) is 10.1. The van der Waals surface area contributed by atoms with E-state index >= 15 is 0 Å². The van der Waals surface area contributed by atoms with Crippen LogP contribution in [0.3, 0.4) is 0 Å². The van der Waals surface area contributed by atoms with Crippen LogP contribution in [0.5, 0.6) is 5.75 Å². The largest absolute Gasteiger partial charge is 0.484 e. The number of aromatic nitrogens is 3. The predicted molar refractivity (Wildman–Crippen MR) is 72.6 cm³/mol. The summed E-state index contributed by atoms with van der Waals surface area (Å²) in [5.41, 5.74) is 0.903. The average molecular weight is 309 g/mol. The van der Waals surface area contributed by atoms with Gasteiger partial charge in [0.05, 0.1) is 6.20 Å². The Morgan fingerprint density at radius 3 is 2.83 bits per heavy atom. The molecule has 0 aliphatic rings. The van der Waals surface area contributed by atoms with Crippen molar-refractivity contribution in [2.24, 2.45) is 0 Å². The molecule has 5 nitrogen and oxygen atoms in total. The zero-order valence-corrected chi connectivity index (χ0v) is 11.7. The number of rotatable bonds is 4. The molecule has 0 radical (unpaired) electrons. The first kappa shape index (κ1) is 12.8. The van der Waals surface area contributed by atoms with Crippen molar-refractivity contribution < 1.29 is 4.74 Å². The van der Waals surface area contributed by atoms with Crippen molar-refractivity contribution in [1.82, 2.24) is 15.0 Å². The molecule has 2 aromatic heterocycles. The van der Waals surface area contributed by atoms with E-state index in [-0.39, 0.29) is 0 Å². The first-order chi connectivity index (χ1) is 8.67. The van der Waals surface area contributed by atoms with E-state index in [1.807, 2.05) is 26.1 Å². The summed E-state index contributed by atoms with van der Waals surface area (Å²) >= 11 is 3.34. The summed E-state index contributed by atoms with van der Waals surface area (Å²) in [5.74, 6) is 2.10. The minimum atomic E-state index is 0.314. The molecule has 0 amide bonds. The third kappa shape index (κ3) is 3.40. The van der Waals surface area contributed by atoms with Gasteiger partial charge < -0.3 is 10.1 Å². The van der Waals surface area contributed by atoms with Gasteiger partial charge >= 0.3 is 0 Å². The molecule has 2 aromatic rings. The number of pyridine rings is 1. The number of hydrogen-bond acceptors (Lipinski definition) is 5. The number of halogens is 1. The zero-order chi connectivity index (χ0) is 13.0. The van der Waals surface area contributed by atoms with Gasteiger partial charge in [-0.3, -0.25) is 4.98 Å². The summed E-state index contributed by atoms with van der Waals surface area (Å²) in [6.45, 7) is 2.24. The highest BCUT2D eigenvalue weighted by Crippen LogP contribution is 2.17. The predicted octanol–water partition coefficient (Wildman–Crippen LogP) is 2.56. The number of nitrogens with one attached hydrogen (secondary N) is 1. The Bertz CT molecular complexity index is 547. The van der Waals surface area contributed by atoms with E-state index in [1.54, 1.807) is 12.4 Å². The Balaban J connectivity index is 2.08. The smallest absolute Gasteiger partial charge is 0.168 e. The van der Waals surface area contributed by atoms with Gasteiger partial charge in [-0.25, -0.2) is 9.97 Å². The molecule has 6 heteroatoms. The molecular weight excluding hydrogens is 296 g/mol. The number of nitrogens with zero attached hydrogens (tertiary/aromatic N) is 3. The molecule has 2 heterocycles. The van der Waals surface area contributed by atoms with Gasteiger partial charge in [-0.15, -0.1) is 0 Å². The average Bonchev–Trinajstić information content (AvgIpc) is 2.36. The number of aryl methyl sites for hydroxylation is 1. The van der Waals surface area contributed by atoms with E-state index in [0.29, 0.717) is 18.2 Å². The van der Waals surface area contributed by atoms with Crippen molar-refractivity contribution in [3.8, 4) is 5.75 Å². The second-order valence-electron chi connectivity index (χ2n) is 3.69. The highest BCUT2D eigenvalue weighted by molar-refractivity contribution is 9.10. The van der Waals surface area contributed by atoms with E-state index in [4.69, 9.17) is 4.74 Å². The molecule has 1 N–H and O–H groups in total. The Morgan fingerprint density at radius 2 is 2.11 bits per heavy atom. The molecule has 0 aromatic carbocycles. The van der Waals surface area contributed by atoms with Crippen LogP contribution < -0.4 is 10.1 Å². The molecule has 0 atom stereocenters. The quantitative estimate of drug-likeness (QED) is 0.940. The maximum absolute atomic E-state index is 5.58. The van der Waals surface area contributed by atoms with Crippen LogP contribution in [-0.4, -0.2) is 22.0 Å². The minimum absolute atomic E-state index is 0.314. The summed E-state index contributed by atoms with van der Waals surface area (Å²) in [6, 6.07) is 3.73. The summed E-state index contributed by atoms with van der Waals surface area (Å²) in [7, 11) is 1.82. The topological polar surface area (TPSA) is 59.9 Å². The number of ether oxygens (including phenoxy) is 1.